The number of aliphatic hydroxyl groups excluding tert-OH is 1. The van der Waals surface area contributed by atoms with Crippen LogP contribution >= 0.6 is 0 Å². The van der Waals surface area contributed by atoms with Crippen LogP contribution in [-0.2, 0) is 13.0 Å². The van der Waals surface area contributed by atoms with Gasteiger partial charge in [-0.15, -0.1) is 0 Å². The largest absolute Gasteiger partial charge is 0.492 e. The fourth-order valence-corrected chi connectivity index (χ4v) is 3.00. The van der Waals surface area contributed by atoms with Gasteiger partial charge in [-0.2, -0.15) is 0 Å². The summed E-state index contributed by atoms with van der Waals surface area (Å²) < 4.78 is 8.13. The number of ether oxygens (including phenoxy) is 1. The second kappa shape index (κ2) is 7.70. The van der Waals surface area contributed by atoms with Gasteiger partial charge in [0.15, 0.2) is 0 Å². The van der Waals surface area contributed by atoms with Crippen molar-refractivity contribution in [3.05, 3.63) is 58.9 Å². The van der Waals surface area contributed by atoms with E-state index in [9.17, 15) is 0 Å². The van der Waals surface area contributed by atoms with Crippen molar-refractivity contribution in [2.45, 2.75) is 40.2 Å². The Hall–Kier alpha value is -2.33. The minimum absolute atomic E-state index is 0.182. The maximum absolute atomic E-state index is 9.17. The molecule has 1 aromatic heterocycles. The fraction of sp³-hybridized carbons (Fsp3) is 0.381. The zero-order valence-corrected chi connectivity index (χ0v) is 15.2. The van der Waals surface area contributed by atoms with Crippen LogP contribution in [0, 0.1) is 20.8 Å². The molecule has 0 saturated carbocycles. The van der Waals surface area contributed by atoms with Gasteiger partial charge in [0.1, 0.15) is 18.2 Å². The highest BCUT2D eigenvalue weighted by Gasteiger charge is 2.12. The van der Waals surface area contributed by atoms with E-state index in [1.54, 1.807) is 0 Å². The minimum Gasteiger partial charge on any atom is -0.492 e. The molecule has 132 valence electrons. The first-order valence-corrected chi connectivity index (χ1v) is 8.85. The van der Waals surface area contributed by atoms with E-state index in [2.05, 4.69) is 49.6 Å². The van der Waals surface area contributed by atoms with Crippen molar-refractivity contribution in [1.29, 1.82) is 0 Å². The predicted octanol–water partition coefficient (Wildman–Crippen LogP) is 3.97. The summed E-state index contributed by atoms with van der Waals surface area (Å²) in [5.74, 6) is 1.90. The number of benzene rings is 2. The minimum atomic E-state index is 0.182. The van der Waals surface area contributed by atoms with Gasteiger partial charge in [0.05, 0.1) is 17.6 Å². The molecule has 1 N–H and O–H groups in total. The summed E-state index contributed by atoms with van der Waals surface area (Å²) in [4.78, 5) is 4.79. The van der Waals surface area contributed by atoms with Crippen LogP contribution in [0.4, 0.5) is 0 Å². The van der Waals surface area contributed by atoms with Crippen molar-refractivity contribution >= 4 is 11.0 Å². The molecule has 3 aromatic rings. The third-order valence-corrected chi connectivity index (χ3v) is 4.61. The van der Waals surface area contributed by atoms with Crippen LogP contribution in [0.25, 0.3) is 11.0 Å². The summed E-state index contributed by atoms with van der Waals surface area (Å²) in [6, 6.07) is 12.5. The maximum Gasteiger partial charge on any atom is 0.119 e. The van der Waals surface area contributed by atoms with Gasteiger partial charge in [-0.1, -0.05) is 17.7 Å². The van der Waals surface area contributed by atoms with Crippen LogP contribution < -0.4 is 4.74 Å². The fourth-order valence-electron chi connectivity index (χ4n) is 3.00. The predicted molar refractivity (Wildman–Crippen MR) is 101 cm³/mol. The molecule has 4 heteroatoms. The molecule has 0 saturated heterocycles. The number of imidazole rings is 1. The van der Waals surface area contributed by atoms with Gasteiger partial charge >= 0.3 is 0 Å². The van der Waals surface area contributed by atoms with E-state index in [4.69, 9.17) is 14.8 Å². The number of aromatic nitrogens is 2. The number of rotatable bonds is 7. The van der Waals surface area contributed by atoms with Crippen LogP contribution in [0.5, 0.6) is 5.75 Å². The van der Waals surface area contributed by atoms with Gasteiger partial charge in [-0.25, -0.2) is 4.98 Å². The number of nitrogens with zero attached hydrogens (tertiary/aromatic N) is 2. The Morgan fingerprint density at radius 1 is 1.04 bits per heavy atom. The van der Waals surface area contributed by atoms with Crippen LogP contribution in [0.1, 0.15) is 28.9 Å². The van der Waals surface area contributed by atoms with Gasteiger partial charge in [-0.05, 0) is 62.6 Å². The van der Waals surface area contributed by atoms with Gasteiger partial charge < -0.3 is 14.4 Å². The summed E-state index contributed by atoms with van der Waals surface area (Å²) in [7, 11) is 0. The number of fused-ring (bicyclic) bond motifs is 1. The van der Waals surface area contributed by atoms with E-state index in [0.29, 0.717) is 6.61 Å². The van der Waals surface area contributed by atoms with E-state index in [0.717, 1.165) is 42.0 Å². The molecule has 4 nitrogen and oxygen atoms in total. The SMILES string of the molecule is Cc1ccc(OCCn2c(CCCO)nc3cc(C)c(C)cc32)cc1. The highest BCUT2D eigenvalue weighted by molar-refractivity contribution is 5.78. The molecule has 0 aliphatic heterocycles. The molecule has 0 aliphatic carbocycles. The van der Waals surface area contributed by atoms with Crippen LogP contribution in [0.2, 0.25) is 0 Å². The van der Waals surface area contributed by atoms with Crippen molar-refractivity contribution in [1.82, 2.24) is 9.55 Å². The number of hydrogen-bond acceptors (Lipinski definition) is 3. The highest BCUT2D eigenvalue weighted by atomic mass is 16.5. The van der Waals surface area contributed by atoms with E-state index in [1.807, 2.05) is 12.1 Å². The molecule has 0 bridgehead atoms. The molecule has 0 radical (unpaired) electrons. The van der Waals surface area contributed by atoms with Crippen molar-refractivity contribution in [2.75, 3.05) is 13.2 Å². The monoisotopic (exact) mass is 338 g/mol. The van der Waals surface area contributed by atoms with Crippen molar-refractivity contribution in [3.63, 3.8) is 0 Å². The van der Waals surface area contributed by atoms with Crippen LogP contribution in [0.3, 0.4) is 0 Å². The first kappa shape index (κ1) is 17.5. The molecule has 0 aliphatic rings. The average Bonchev–Trinajstić information content (AvgIpc) is 2.92. The first-order valence-electron chi connectivity index (χ1n) is 8.85. The molecule has 0 spiro atoms. The highest BCUT2D eigenvalue weighted by Crippen LogP contribution is 2.22. The molecule has 25 heavy (non-hydrogen) atoms. The quantitative estimate of drug-likeness (QED) is 0.709. The standard InChI is InChI=1S/C21H26N2O2/c1-15-6-8-18(9-7-15)25-12-10-23-20-14-17(3)16(2)13-19(20)22-21(23)5-4-11-24/h6-9,13-14,24H,4-5,10-12H2,1-3H3. The Morgan fingerprint density at radius 2 is 1.76 bits per heavy atom. The Bertz CT molecular complexity index is 850. The first-order chi connectivity index (χ1) is 12.1. The lowest BCUT2D eigenvalue weighted by Crippen LogP contribution is -2.11. The normalized spacial score (nSPS) is 11.2. The molecule has 2 aromatic carbocycles. The number of aryl methyl sites for hydroxylation is 4. The molecule has 0 fully saturated rings. The molecular weight excluding hydrogens is 312 g/mol. The van der Waals surface area contributed by atoms with E-state index in [1.165, 1.54) is 16.7 Å². The molecule has 0 amide bonds. The maximum atomic E-state index is 9.17. The summed E-state index contributed by atoms with van der Waals surface area (Å²) in [5, 5.41) is 9.17. The third kappa shape index (κ3) is 4.02. The van der Waals surface area contributed by atoms with Gasteiger partial charge in [0, 0.05) is 13.0 Å². The van der Waals surface area contributed by atoms with Crippen molar-refractivity contribution < 1.29 is 9.84 Å². The number of aliphatic hydroxyl groups is 1. The summed E-state index contributed by atoms with van der Waals surface area (Å²) >= 11 is 0. The summed E-state index contributed by atoms with van der Waals surface area (Å²) in [5.41, 5.74) is 5.91. The summed E-state index contributed by atoms with van der Waals surface area (Å²) in [6.07, 6.45) is 1.49. The molecular formula is C21H26N2O2. The Labute approximate surface area is 149 Å². The Balaban J connectivity index is 1.82. The lowest BCUT2D eigenvalue weighted by Gasteiger charge is -2.11. The molecule has 0 atom stereocenters. The van der Waals surface area contributed by atoms with Crippen LogP contribution in [0.15, 0.2) is 36.4 Å². The Morgan fingerprint density at radius 3 is 2.48 bits per heavy atom. The van der Waals surface area contributed by atoms with E-state index >= 15 is 0 Å². The zero-order chi connectivity index (χ0) is 17.8. The molecule has 3 rings (SSSR count). The van der Waals surface area contributed by atoms with Gasteiger partial charge in [0.25, 0.3) is 0 Å². The lowest BCUT2D eigenvalue weighted by atomic mass is 10.1. The molecule has 1 heterocycles. The topological polar surface area (TPSA) is 47.3 Å². The van der Waals surface area contributed by atoms with Gasteiger partial charge in [0.2, 0.25) is 0 Å². The smallest absolute Gasteiger partial charge is 0.119 e. The molecule has 0 unspecified atom stereocenters. The van der Waals surface area contributed by atoms with Crippen molar-refractivity contribution in [2.24, 2.45) is 0 Å². The van der Waals surface area contributed by atoms with E-state index in [-0.39, 0.29) is 6.61 Å². The zero-order valence-electron chi connectivity index (χ0n) is 15.2. The lowest BCUT2D eigenvalue weighted by molar-refractivity contribution is 0.283. The second-order valence-electron chi connectivity index (χ2n) is 6.59. The third-order valence-electron chi connectivity index (χ3n) is 4.61. The second-order valence-corrected chi connectivity index (χ2v) is 6.59. The average molecular weight is 338 g/mol. The van der Waals surface area contributed by atoms with Gasteiger partial charge in [-0.3, -0.25) is 0 Å². The summed E-state index contributed by atoms with van der Waals surface area (Å²) in [6.45, 7) is 7.82. The number of hydrogen-bond donors (Lipinski definition) is 1. The van der Waals surface area contributed by atoms with Crippen molar-refractivity contribution in [3.8, 4) is 5.75 Å². The Kier molecular flexibility index (Phi) is 5.39. The van der Waals surface area contributed by atoms with Crippen LogP contribution in [-0.4, -0.2) is 27.9 Å². The van der Waals surface area contributed by atoms with E-state index < -0.39 is 0 Å².